The van der Waals surface area contributed by atoms with Crippen LogP contribution < -0.4 is 5.73 Å². The largest absolute Gasteiger partial charge is 0.327 e. The minimum Gasteiger partial charge on any atom is -0.327 e. The molecule has 2 unspecified atom stereocenters. The lowest BCUT2D eigenvalue weighted by atomic mass is 10.0. The first-order valence-corrected chi connectivity index (χ1v) is 5.44. The molecule has 76 valence electrons. The highest BCUT2D eigenvalue weighted by molar-refractivity contribution is 9.10. The van der Waals surface area contributed by atoms with Crippen LogP contribution in [0.15, 0.2) is 22.7 Å². The second-order valence-electron chi connectivity index (χ2n) is 4.53. The number of nitrogens with two attached hydrogens (primary N) is 1. The molecule has 0 saturated heterocycles. The summed E-state index contributed by atoms with van der Waals surface area (Å²) in [4.78, 5) is 0. The Hall–Kier alpha value is -0.410. The van der Waals surface area contributed by atoms with Crippen LogP contribution in [-0.2, 0) is 0 Å². The fraction of sp³-hybridized carbons (Fsp3) is 0.455. The molecule has 14 heavy (non-hydrogen) atoms. The van der Waals surface area contributed by atoms with Crippen LogP contribution >= 0.6 is 15.9 Å². The van der Waals surface area contributed by atoms with E-state index in [0.29, 0.717) is 0 Å². The molecule has 0 radical (unpaired) electrons. The normalized spacial score (nSPS) is 28.9. The Bertz CT molecular complexity index is 355. The van der Waals surface area contributed by atoms with Gasteiger partial charge in [0.1, 0.15) is 5.82 Å². The van der Waals surface area contributed by atoms with Crippen molar-refractivity contribution >= 4 is 15.9 Å². The third-order valence-corrected chi connectivity index (χ3v) is 3.61. The molecule has 1 fully saturated rings. The smallest absolute Gasteiger partial charge is 0.124 e. The van der Waals surface area contributed by atoms with Crippen molar-refractivity contribution in [3.63, 3.8) is 0 Å². The molecule has 1 aliphatic carbocycles. The van der Waals surface area contributed by atoms with Crippen molar-refractivity contribution in [1.29, 1.82) is 0 Å². The van der Waals surface area contributed by atoms with Gasteiger partial charge in [-0.15, -0.1) is 0 Å². The molecule has 2 rings (SSSR count). The van der Waals surface area contributed by atoms with Gasteiger partial charge in [-0.2, -0.15) is 0 Å². The van der Waals surface area contributed by atoms with Crippen molar-refractivity contribution in [2.45, 2.75) is 25.8 Å². The summed E-state index contributed by atoms with van der Waals surface area (Å²) < 4.78 is 13.9. The lowest BCUT2D eigenvalue weighted by molar-refractivity contribution is 0.594. The molecule has 0 heterocycles. The Labute approximate surface area is 91.6 Å². The van der Waals surface area contributed by atoms with E-state index in [1.54, 1.807) is 6.07 Å². The third kappa shape index (κ3) is 1.48. The van der Waals surface area contributed by atoms with Gasteiger partial charge in [-0.25, -0.2) is 4.39 Å². The summed E-state index contributed by atoms with van der Waals surface area (Å²) in [6.45, 7) is 4.22. The van der Waals surface area contributed by atoms with Crippen molar-refractivity contribution in [1.82, 2.24) is 0 Å². The number of benzene rings is 1. The molecule has 1 nitrogen and oxygen atoms in total. The zero-order chi connectivity index (χ0) is 10.5. The quantitative estimate of drug-likeness (QED) is 0.823. The van der Waals surface area contributed by atoms with Gasteiger partial charge >= 0.3 is 0 Å². The number of halogens is 2. The second-order valence-corrected chi connectivity index (χ2v) is 5.44. The molecule has 0 spiro atoms. The van der Waals surface area contributed by atoms with Crippen LogP contribution in [0.3, 0.4) is 0 Å². The summed E-state index contributed by atoms with van der Waals surface area (Å²) in [6, 6.07) is 5.13. The molecule has 1 aromatic rings. The van der Waals surface area contributed by atoms with Crippen LogP contribution in [0, 0.1) is 11.2 Å². The first kappa shape index (κ1) is 10.1. The van der Waals surface area contributed by atoms with Gasteiger partial charge in [0, 0.05) is 16.4 Å². The zero-order valence-corrected chi connectivity index (χ0v) is 9.81. The molecule has 0 aliphatic heterocycles. The zero-order valence-electron chi connectivity index (χ0n) is 8.22. The van der Waals surface area contributed by atoms with Gasteiger partial charge in [0.05, 0.1) is 0 Å². The van der Waals surface area contributed by atoms with Gasteiger partial charge in [-0.1, -0.05) is 29.8 Å². The average Bonchev–Trinajstić information content (AvgIpc) is 2.48. The number of hydrogen-bond donors (Lipinski definition) is 1. The fourth-order valence-corrected chi connectivity index (χ4v) is 2.55. The number of rotatable bonds is 1. The van der Waals surface area contributed by atoms with Gasteiger partial charge < -0.3 is 5.73 Å². The van der Waals surface area contributed by atoms with Crippen LogP contribution in [0.2, 0.25) is 0 Å². The average molecular weight is 258 g/mol. The molecule has 0 amide bonds. The Balaban J connectivity index is 2.35. The predicted octanol–water partition coefficient (Wildman–Crippen LogP) is 3.04. The van der Waals surface area contributed by atoms with E-state index in [1.807, 2.05) is 6.07 Å². The van der Waals surface area contributed by atoms with Crippen LogP contribution in [0.1, 0.15) is 25.3 Å². The minimum atomic E-state index is -0.204. The molecular formula is C11H13BrFN. The van der Waals surface area contributed by atoms with E-state index < -0.39 is 0 Å². The molecule has 2 atom stereocenters. The maximum Gasteiger partial charge on any atom is 0.124 e. The molecular weight excluding hydrogens is 245 g/mol. The summed E-state index contributed by atoms with van der Waals surface area (Å²) in [5.41, 5.74) is 7.04. The van der Waals surface area contributed by atoms with Crippen LogP contribution in [-0.4, -0.2) is 6.04 Å². The van der Waals surface area contributed by atoms with Gasteiger partial charge in [0.2, 0.25) is 0 Å². The Kier molecular flexibility index (Phi) is 2.20. The predicted molar refractivity (Wildman–Crippen MR) is 58.6 cm³/mol. The highest BCUT2D eigenvalue weighted by atomic mass is 79.9. The Morgan fingerprint density at radius 3 is 2.36 bits per heavy atom. The van der Waals surface area contributed by atoms with Gasteiger partial charge in [-0.3, -0.25) is 0 Å². The maximum absolute atomic E-state index is 13.1. The molecule has 0 aromatic heterocycles. The lowest BCUT2D eigenvalue weighted by Gasteiger charge is -2.03. The van der Waals surface area contributed by atoms with E-state index in [4.69, 9.17) is 5.73 Å². The SMILES string of the molecule is CC1(C)C(N)C1c1cc(F)cc(Br)c1. The second kappa shape index (κ2) is 3.04. The van der Waals surface area contributed by atoms with E-state index in [9.17, 15) is 4.39 Å². The molecule has 0 bridgehead atoms. The van der Waals surface area contributed by atoms with Crippen LogP contribution in [0.4, 0.5) is 4.39 Å². The van der Waals surface area contributed by atoms with Crippen LogP contribution in [0.25, 0.3) is 0 Å². The summed E-state index contributed by atoms with van der Waals surface area (Å²) in [5, 5.41) is 0. The van der Waals surface area contributed by atoms with E-state index in [2.05, 4.69) is 29.8 Å². The van der Waals surface area contributed by atoms with E-state index in [1.165, 1.54) is 6.07 Å². The Morgan fingerprint density at radius 2 is 1.93 bits per heavy atom. The van der Waals surface area contributed by atoms with Crippen LogP contribution in [0.5, 0.6) is 0 Å². The molecule has 1 saturated carbocycles. The van der Waals surface area contributed by atoms with Crippen molar-refractivity contribution in [2.75, 3.05) is 0 Å². The van der Waals surface area contributed by atoms with E-state index in [-0.39, 0.29) is 23.2 Å². The topological polar surface area (TPSA) is 26.0 Å². The first-order chi connectivity index (χ1) is 6.43. The maximum atomic E-state index is 13.1. The summed E-state index contributed by atoms with van der Waals surface area (Å²) in [7, 11) is 0. The minimum absolute atomic E-state index is 0.104. The molecule has 1 aliphatic rings. The van der Waals surface area contributed by atoms with Gasteiger partial charge in [0.15, 0.2) is 0 Å². The monoisotopic (exact) mass is 257 g/mol. The number of hydrogen-bond acceptors (Lipinski definition) is 1. The van der Waals surface area contributed by atoms with E-state index >= 15 is 0 Å². The lowest BCUT2D eigenvalue weighted by Crippen LogP contribution is -2.06. The molecule has 3 heteroatoms. The highest BCUT2D eigenvalue weighted by Gasteiger charge is 2.56. The third-order valence-electron chi connectivity index (χ3n) is 3.15. The fourth-order valence-electron chi connectivity index (χ4n) is 2.07. The summed E-state index contributed by atoms with van der Waals surface area (Å²) in [6.07, 6.45) is 0. The van der Waals surface area contributed by atoms with Gasteiger partial charge in [0.25, 0.3) is 0 Å². The van der Waals surface area contributed by atoms with Crippen molar-refractivity contribution in [3.05, 3.63) is 34.1 Å². The standard InChI is InChI=1S/C11H13BrFN/c1-11(2)9(10(11)14)6-3-7(12)5-8(13)4-6/h3-5,9-10H,14H2,1-2H3. The molecule has 1 aromatic carbocycles. The van der Waals surface area contributed by atoms with Crippen molar-refractivity contribution < 1.29 is 4.39 Å². The highest BCUT2D eigenvalue weighted by Crippen LogP contribution is 2.57. The van der Waals surface area contributed by atoms with Gasteiger partial charge in [-0.05, 0) is 29.2 Å². The summed E-state index contributed by atoms with van der Waals surface area (Å²) >= 11 is 3.29. The van der Waals surface area contributed by atoms with Crippen molar-refractivity contribution in [2.24, 2.45) is 11.1 Å². The van der Waals surface area contributed by atoms with Crippen molar-refractivity contribution in [3.8, 4) is 0 Å². The molecule has 2 N–H and O–H groups in total. The van der Waals surface area contributed by atoms with E-state index in [0.717, 1.165) is 10.0 Å². The first-order valence-electron chi connectivity index (χ1n) is 4.64. The Morgan fingerprint density at radius 1 is 1.36 bits per heavy atom. The summed E-state index contributed by atoms with van der Waals surface area (Å²) in [5.74, 6) is 0.0822.